The van der Waals surface area contributed by atoms with E-state index < -0.39 is 0 Å². The van der Waals surface area contributed by atoms with Gasteiger partial charge in [0, 0.05) is 6.20 Å². The van der Waals surface area contributed by atoms with Gasteiger partial charge in [0.15, 0.2) is 0 Å². The fraction of sp³-hybridized carbons (Fsp3) is 0.167. The third-order valence-corrected chi connectivity index (χ3v) is 2.74. The quantitative estimate of drug-likeness (QED) is 0.533. The standard InChI is InChI=1S/C12H12Cl2N4/c13-5-12(15)17-11-3-1-2-9(4-11)7-18-8-10(14)6-16-18/h1-4,6,8H,5,7H2,(H2,15,17). The summed E-state index contributed by atoms with van der Waals surface area (Å²) in [6, 6.07) is 7.72. The van der Waals surface area contributed by atoms with E-state index in [9.17, 15) is 0 Å². The van der Waals surface area contributed by atoms with Crippen LogP contribution in [0.2, 0.25) is 5.02 Å². The van der Waals surface area contributed by atoms with Gasteiger partial charge in [-0.2, -0.15) is 5.10 Å². The van der Waals surface area contributed by atoms with Crippen LogP contribution in [0.3, 0.4) is 0 Å². The summed E-state index contributed by atoms with van der Waals surface area (Å²) in [5.74, 6) is 0.620. The summed E-state index contributed by atoms with van der Waals surface area (Å²) < 4.78 is 1.76. The van der Waals surface area contributed by atoms with Crippen molar-refractivity contribution in [3.8, 4) is 0 Å². The second-order valence-corrected chi connectivity index (χ2v) is 4.47. The average molecular weight is 283 g/mol. The number of hydrogen-bond acceptors (Lipinski definition) is 2. The monoisotopic (exact) mass is 282 g/mol. The van der Waals surface area contributed by atoms with Crippen molar-refractivity contribution < 1.29 is 0 Å². The Morgan fingerprint density at radius 3 is 2.94 bits per heavy atom. The molecule has 2 rings (SSSR count). The van der Waals surface area contributed by atoms with Gasteiger partial charge in [-0.1, -0.05) is 23.7 Å². The third kappa shape index (κ3) is 3.48. The molecule has 0 aliphatic rings. The molecule has 1 aromatic heterocycles. The number of amidine groups is 1. The van der Waals surface area contributed by atoms with E-state index in [0.717, 1.165) is 11.3 Å². The zero-order valence-corrected chi connectivity index (χ0v) is 11.1. The topological polar surface area (TPSA) is 56.2 Å². The first-order valence-corrected chi connectivity index (χ1v) is 6.24. The molecule has 0 atom stereocenters. The van der Waals surface area contributed by atoms with Crippen molar-refractivity contribution in [3.05, 3.63) is 47.2 Å². The summed E-state index contributed by atoms with van der Waals surface area (Å²) in [6.07, 6.45) is 3.37. The van der Waals surface area contributed by atoms with E-state index in [4.69, 9.17) is 28.9 Å². The molecule has 0 aliphatic carbocycles. The lowest BCUT2D eigenvalue weighted by molar-refractivity contribution is 0.687. The Morgan fingerprint density at radius 1 is 1.44 bits per heavy atom. The van der Waals surface area contributed by atoms with Crippen LogP contribution >= 0.6 is 23.2 Å². The van der Waals surface area contributed by atoms with Gasteiger partial charge >= 0.3 is 0 Å². The van der Waals surface area contributed by atoms with E-state index in [1.165, 1.54) is 0 Å². The van der Waals surface area contributed by atoms with E-state index >= 15 is 0 Å². The Labute approximate surface area is 115 Å². The smallest absolute Gasteiger partial charge is 0.115 e. The van der Waals surface area contributed by atoms with Crippen molar-refractivity contribution >= 4 is 34.7 Å². The maximum absolute atomic E-state index is 5.81. The fourth-order valence-corrected chi connectivity index (χ4v) is 1.75. The molecule has 0 aliphatic heterocycles. The van der Waals surface area contributed by atoms with Gasteiger partial charge in [-0.3, -0.25) is 4.68 Å². The summed E-state index contributed by atoms with van der Waals surface area (Å²) in [5, 5.41) is 4.74. The SMILES string of the molecule is NC(CCl)=Nc1cccc(Cn2cc(Cl)cn2)c1. The minimum Gasteiger partial charge on any atom is -0.386 e. The highest BCUT2D eigenvalue weighted by Gasteiger charge is 1.99. The molecule has 1 heterocycles. The first-order valence-electron chi connectivity index (χ1n) is 5.33. The fourth-order valence-electron chi connectivity index (χ4n) is 1.53. The first kappa shape index (κ1) is 12.9. The van der Waals surface area contributed by atoms with Gasteiger partial charge in [0.1, 0.15) is 5.84 Å². The molecule has 94 valence electrons. The number of alkyl halides is 1. The van der Waals surface area contributed by atoms with E-state index in [1.807, 2.05) is 24.3 Å². The van der Waals surface area contributed by atoms with Gasteiger partial charge in [0.25, 0.3) is 0 Å². The number of aliphatic imine (C=N–C) groups is 1. The maximum Gasteiger partial charge on any atom is 0.115 e. The van der Waals surface area contributed by atoms with E-state index in [0.29, 0.717) is 17.4 Å². The summed E-state index contributed by atoms with van der Waals surface area (Å²) in [4.78, 5) is 4.19. The molecule has 0 spiro atoms. The molecular formula is C12H12Cl2N4. The number of nitrogens with zero attached hydrogens (tertiary/aromatic N) is 3. The molecule has 0 unspecified atom stereocenters. The van der Waals surface area contributed by atoms with Crippen LogP contribution < -0.4 is 5.73 Å². The number of aromatic nitrogens is 2. The van der Waals surface area contributed by atoms with E-state index in [1.54, 1.807) is 17.1 Å². The molecule has 0 fully saturated rings. The van der Waals surface area contributed by atoms with Gasteiger partial charge in [-0.15, -0.1) is 11.6 Å². The second-order valence-electron chi connectivity index (χ2n) is 3.76. The summed E-state index contributed by atoms with van der Waals surface area (Å²) in [5.41, 5.74) is 7.44. The zero-order valence-electron chi connectivity index (χ0n) is 9.55. The highest BCUT2D eigenvalue weighted by molar-refractivity contribution is 6.30. The normalized spacial score (nSPS) is 11.8. The maximum atomic E-state index is 5.81. The molecule has 0 bridgehead atoms. The van der Waals surface area contributed by atoms with Crippen LogP contribution in [0.5, 0.6) is 0 Å². The van der Waals surface area contributed by atoms with Crippen molar-refractivity contribution in [1.29, 1.82) is 0 Å². The van der Waals surface area contributed by atoms with Crippen molar-refractivity contribution in [1.82, 2.24) is 9.78 Å². The molecule has 18 heavy (non-hydrogen) atoms. The van der Waals surface area contributed by atoms with Gasteiger partial charge < -0.3 is 5.73 Å². The van der Waals surface area contributed by atoms with Crippen molar-refractivity contribution in [2.24, 2.45) is 10.7 Å². The first-order chi connectivity index (χ1) is 8.67. The Hall–Kier alpha value is -1.52. The summed E-state index contributed by atoms with van der Waals surface area (Å²) >= 11 is 11.4. The Balaban J connectivity index is 2.17. The number of hydrogen-bond donors (Lipinski definition) is 1. The Kier molecular flexibility index (Phi) is 4.23. The molecule has 6 heteroatoms. The summed E-state index contributed by atoms with van der Waals surface area (Å²) in [6.45, 7) is 0.636. The molecule has 0 saturated heterocycles. The van der Waals surface area contributed by atoms with Crippen molar-refractivity contribution in [2.45, 2.75) is 6.54 Å². The van der Waals surface area contributed by atoms with E-state index in [-0.39, 0.29) is 5.88 Å². The Bertz CT molecular complexity index is 563. The lowest BCUT2D eigenvalue weighted by Gasteiger charge is -2.03. The van der Waals surface area contributed by atoms with Crippen LogP contribution in [0.25, 0.3) is 0 Å². The van der Waals surface area contributed by atoms with Gasteiger partial charge in [-0.25, -0.2) is 4.99 Å². The van der Waals surface area contributed by atoms with Crippen LogP contribution in [0.1, 0.15) is 5.56 Å². The largest absolute Gasteiger partial charge is 0.386 e. The summed E-state index contributed by atoms with van der Waals surface area (Å²) in [7, 11) is 0. The molecule has 0 radical (unpaired) electrons. The molecule has 4 nitrogen and oxygen atoms in total. The predicted octanol–water partition coefficient (Wildman–Crippen LogP) is 2.81. The average Bonchev–Trinajstić information content (AvgIpc) is 2.75. The van der Waals surface area contributed by atoms with Crippen LogP contribution in [-0.2, 0) is 6.54 Å². The lowest BCUT2D eigenvalue weighted by Crippen LogP contribution is -2.12. The lowest BCUT2D eigenvalue weighted by atomic mass is 10.2. The van der Waals surface area contributed by atoms with E-state index in [2.05, 4.69) is 10.1 Å². The van der Waals surface area contributed by atoms with Crippen molar-refractivity contribution in [2.75, 3.05) is 5.88 Å². The predicted molar refractivity (Wildman–Crippen MR) is 74.8 cm³/mol. The van der Waals surface area contributed by atoms with Crippen LogP contribution in [0.4, 0.5) is 5.69 Å². The molecule has 0 saturated carbocycles. The minimum absolute atomic E-state index is 0.221. The zero-order chi connectivity index (χ0) is 13.0. The van der Waals surface area contributed by atoms with Gasteiger partial charge in [0.2, 0.25) is 0 Å². The minimum atomic E-state index is 0.221. The van der Waals surface area contributed by atoms with Gasteiger partial charge in [-0.05, 0) is 17.7 Å². The molecule has 1 aromatic carbocycles. The van der Waals surface area contributed by atoms with Crippen molar-refractivity contribution in [3.63, 3.8) is 0 Å². The van der Waals surface area contributed by atoms with Gasteiger partial charge in [0.05, 0.1) is 29.3 Å². The second kappa shape index (κ2) is 5.89. The molecule has 0 amide bonds. The number of halogens is 2. The van der Waals surface area contributed by atoms with Crippen LogP contribution in [0.15, 0.2) is 41.7 Å². The molecule has 2 aromatic rings. The van der Waals surface area contributed by atoms with Crippen LogP contribution in [0, 0.1) is 0 Å². The Morgan fingerprint density at radius 2 is 2.28 bits per heavy atom. The molecule has 2 N–H and O–H groups in total. The highest BCUT2D eigenvalue weighted by Crippen LogP contribution is 2.15. The number of rotatable bonds is 4. The number of nitrogens with two attached hydrogens (primary N) is 1. The van der Waals surface area contributed by atoms with Crippen LogP contribution in [-0.4, -0.2) is 21.5 Å². The highest BCUT2D eigenvalue weighted by atomic mass is 35.5. The molecular weight excluding hydrogens is 271 g/mol. The number of benzene rings is 1. The third-order valence-electron chi connectivity index (χ3n) is 2.27.